The van der Waals surface area contributed by atoms with E-state index in [2.05, 4.69) is 0 Å². The Morgan fingerprint density at radius 3 is 2.16 bits per heavy atom. The number of alkyl halides is 3. The van der Waals surface area contributed by atoms with E-state index in [1.807, 2.05) is 54.6 Å². The molecule has 0 aromatic heterocycles. The minimum absolute atomic E-state index is 0.0746. The summed E-state index contributed by atoms with van der Waals surface area (Å²) in [6.45, 7) is 2.04. The zero-order chi connectivity index (χ0) is 32.0. The lowest BCUT2D eigenvalue weighted by Crippen LogP contribution is -2.43. The minimum Gasteiger partial charge on any atom is -0.465 e. The average Bonchev–Trinajstić information content (AvgIpc) is 3.06. The summed E-state index contributed by atoms with van der Waals surface area (Å²) in [6, 6.07) is 28.9. The number of carbonyl (C=O) groups is 3. The van der Waals surface area contributed by atoms with Crippen molar-refractivity contribution in [2.45, 2.75) is 63.0 Å². The van der Waals surface area contributed by atoms with Gasteiger partial charge in [-0.1, -0.05) is 91.0 Å². The Morgan fingerprint density at radius 1 is 0.800 bits per heavy atom. The summed E-state index contributed by atoms with van der Waals surface area (Å²) in [5.41, 5.74) is 2.31. The minimum atomic E-state index is -4.43. The molecule has 0 aliphatic heterocycles. The molecule has 0 amide bonds. The molecule has 4 nitrogen and oxygen atoms in total. The number of carbonyl (C=O) groups excluding carboxylic acids is 3. The van der Waals surface area contributed by atoms with E-state index in [0.717, 1.165) is 28.8 Å². The van der Waals surface area contributed by atoms with Crippen molar-refractivity contribution in [1.29, 1.82) is 0 Å². The first-order chi connectivity index (χ1) is 21.7. The van der Waals surface area contributed by atoms with Crippen molar-refractivity contribution in [2.75, 3.05) is 6.61 Å². The number of unbranched alkanes of at least 4 members (excludes halogenated alkanes) is 1. The Hall–Kier alpha value is -4.52. The quantitative estimate of drug-likeness (QED) is 0.0963. The van der Waals surface area contributed by atoms with Gasteiger partial charge in [-0.3, -0.25) is 14.4 Å². The Balaban J connectivity index is 1.26. The van der Waals surface area contributed by atoms with Gasteiger partial charge in [0.1, 0.15) is 11.2 Å². The van der Waals surface area contributed by atoms with Crippen LogP contribution < -0.4 is 0 Å². The molecule has 0 unspecified atom stereocenters. The number of halogens is 3. The van der Waals surface area contributed by atoms with Crippen LogP contribution in [0.25, 0.3) is 11.1 Å². The topological polar surface area (TPSA) is 60.4 Å². The van der Waals surface area contributed by atoms with Crippen LogP contribution in [0.15, 0.2) is 103 Å². The summed E-state index contributed by atoms with van der Waals surface area (Å²) < 4.78 is 44.6. The fourth-order valence-corrected chi connectivity index (χ4v) is 6.49. The highest BCUT2D eigenvalue weighted by atomic mass is 19.4. The van der Waals surface area contributed by atoms with E-state index in [1.54, 1.807) is 31.2 Å². The molecule has 0 N–H and O–H groups in total. The molecule has 45 heavy (non-hydrogen) atoms. The fourth-order valence-electron chi connectivity index (χ4n) is 6.49. The highest BCUT2D eigenvalue weighted by molar-refractivity contribution is 6.02. The lowest BCUT2D eigenvalue weighted by Gasteiger charge is -2.40. The van der Waals surface area contributed by atoms with Gasteiger partial charge in [0.2, 0.25) is 0 Å². The molecule has 232 valence electrons. The maximum Gasteiger partial charge on any atom is 0.416 e. The summed E-state index contributed by atoms with van der Waals surface area (Å²) in [4.78, 5) is 40.3. The first-order valence-electron chi connectivity index (χ1n) is 15.3. The van der Waals surface area contributed by atoms with Crippen LogP contribution in [0.3, 0.4) is 0 Å². The highest BCUT2D eigenvalue weighted by Gasteiger charge is 2.49. The smallest absolute Gasteiger partial charge is 0.416 e. The Labute approximate surface area is 261 Å². The van der Waals surface area contributed by atoms with Crippen molar-refractivity contribution in [3.8, 4) is 11.1 Å². The molecule has 2 atom stereocenters. The van der Waals surface area contributed by atoms with E-state index >= 15 is 0 Å². The third-order valence-electron chi connectivity index (χ3n) is 8.71. The van der Waals surface area contributed by atoms with Crippen LogP contribution in [0, 0.1) is 0 Å². The number of esters is 1. The van der Waals surface area contributed by atoms with Crippen molar-refractivity contribution in [3.05, 3.63) is 131 Å². The second kappa shape index (κ2) is 13.6. The van der Waals surface area contributed by atoms with Crippen LogP contribution in [0.2, 0.25) is 0 Å². The van der Waals surface area contributed by atoms with Gasteiger partial charge < -0.3 is 4.74 Å². The van der Waals surface area contributed by atoms with E-state index in [1.165, 1.54) is 12.1 Å². The molecule has 4 aromatic carbocycles. The summed E-state index contributed by atoms with van der Waals surface area (Å²) in [5.74, 6) is -0.721. The van der Waals surface area contributed by atoms with Crippen LogP contribution in [0.1, 0.15) is 84.0 Å². The van der Waals surface area contributed by atoms with Crippen LogP contribution >= 0.6 is 0 Å². The first-order valence-corrected chi connectivity index (χ1v) is 15.3. The van der Waals surface area contributed by atoms with Gasteiger partial charge >= 0.3 is 12.1 Å². The van der Waals surface area contributed by atoms with Gasteiger partial charge in [0, 0.05) is 24.3 Å². The number of hydrogen-bond donors (Lipinski definition) is 0. The Bertz CT molecular complexity index is 1660. The zero-order valence-electron chi connectivity index (χ0n) is 25.1. The molecule has 0 fully saturated rings. The standard InChI is InChI=1S/C38H35F3O4/c1-2-45-36(44)37(27-12-4-3-5-13-27)25-24-32(30-15-8-9-17-33(30)37)35(43)19-11-10-18-34(42)31-16-7-6-14-29(31)26-20-22-28(23-21-26)38(39,40)41/h3-9,12-17,20-23,32H,2,10-11,18-19,24-25H2,1H3/t32-,37+/m1/s1. The maximum absolute atomic E-state index is 13.6. The summed E-state index contributed by atoms with van der Waals surface area (Å²) in [6.07, 6.45) is -1.95. The number of rotatable bonds is 11. The number of fused-ring (bicyclic) bond motifs is 1. The maximum atomic E-state index is 13.6. The predicted octanol–water partition coefficient (Wildman–Crippen LogP) is 9.11. The molecule has 1 aliphatic rings. The second-order valence-corrected chi connectivity index (χ2v) is 11.4. The molecule has 5 rings (SSSR count). The lowest BCUT2D eigenvalue weighted by molar-refractivity contribution is -0.149. The van der Waals surface area contributed by atoms with Crippen LogP contribution in [0.5, 0.6) is 0 Å². The molecule has 1 aliphatic carbocycles. The normalized spacial score (nSPS) is 17.7. The van der Waals surface area contributed by atoms with Crippen LogP contribution in [0.4, 0.5) is 13.2 Å². The van der Waals surface area contributed by atoms with Gasteiger partial charge in [-0.2, -0.15) is 13.2 Å². The Kier molecular flexibility index (Phi) is 9.66. The van der Waals surface area contributed by atoms with Gasteiger partial charge in [0.25, 0.3) is 0 Å². The van der Waals surface area contributed by atoms with E-state index in [-0.39, 0.29) is 36.5 Å². The van der Waals surface area contributed by atoms with Crippen molar-refractivity contribution < 1.29 is 32.3 Å². The third kappa shape index (κ3) is 6.63. The van der Waals surface area contributed by atoms with Crippen LogP contribution in [-0.4, -0.2) is 24.1 Å². The zero-order valence-corrected chi connectivity index (χ0v) is 25.1. The molecule has 0 spiro atoms. The summed E-state index contributed by atoms with van der Waals surface area (Å²) in [7, 11) is 0. The van der Waals surface area contributed by atoms with Gasteiger partial charge in [-0.15, -0.1) is 0 Å². The molecule has 0 heterocycles. The van der Waals surface area contributed by atoms with Gasteiger partial charge in [0.15, 0.2) is 5.78 Å². The molecule has 0 radical (unpaired) electrons. The molecular formula is C38H35F3O4. The average molecular weight is 613 g/mol. The molecule has 0 saturated heterocycles. The van der Waals surface area contributed by atoms with Crippen LogP contribution in [-0.2, 0) is 25.9 Å². The van der Waals surface area contributed by atoms with E-state index in [0.29, 0.717) is 48.8 Å². The highest BCUT2D eigenvalue weighted by Crippen LogP contribution is 2.48. The predicted molar refractivity (Wildman–Crippen MR) is 167 cm³/mol. The van der Waals surface area contributed by atoms with E-state index in [4.69, 9.17) is 4.74 Å². The van der Waals surface area contributed by atoms with Crippen molar-refractivity contribution in [3.63, 3.8) is 0 Å². The number of benzene rings is 4. The number of ketones is 2. The fraction of sp³-hybridized carbons (Fsp3) is 0.289. The van der Waals surface area contributed by atoms with Crippen molar-refractivity contribution >= 4 is 17.5 Å². The largest absolute Gasteiger partial charge is 0.465 e. The second-order valence-electron chi connectivity index (χ2n) is 11.4. The monoisotopic (exact) mass is 612 g/mol. The van der Waals surface area contributed by atoms with Gasteiger partial charge in [-0.25, -0.2) is 0 Å². The Morgan fingerprint density at radius 2 is 1.44 bits per heavy atom. The van der Waals surface area contributed by atoms with Crippen molar-refractivity contribution in [1.82, 2.24) is 0 Å². The summed E-state index contributed by atoms with van der Waals surface area (Å²) in [5, 5.41) is 0. The third-order valence-corrected chi connectivity index (χ3v) is 8.71. The molecule has 7 heteroatoms. The molecule has 4 aromatic rings. The molecular weight excluding hydrogens is 577 g/mol. The number of hydrogen-bond acceptors (Lipinski definition) is 4. The molecule has 0 bridgehead atoms. The summed E-state index contributed by atoms with van der Waals surface area (Å²) >= 11 is 0. The van der Waals surface area contributed by atoms with Crippen molar-refractivity contribution in [2.24, 2.45) is 0 Å². The first kappa shape index (κ1) is 31.9. The lowest BCUT2D eigenvalue weighted by atomic mass is 9.62. The number of Topliss-reactive ketones (excluding diaryl/α,β-unsaturated/α-hetero) is 2. The SMILES string of the molecule is CCOC(=O)[C@]1(c2ccccc2)CC[C@@H](C(=O)CCCCC(=O)c2ccccc2-c2ccc(C(F)(F)F)cc2)c2ccccc21. The van der Waals surface area contributed by atoms with E-state index < -0.39 is 17.2 Å². The van der Waals surface area contributed by atoms with E-state index in [9.17, 15) is 27.6 Å². The van der Waals surface area contributed by atoms with Gasteiger partial charge in [-0.05, 0) is 72.6 Å². The number of ether oxygens (including phenoxy) is 1. The van der Waals surface area contributed by atoms with Gasteiger partial charge in [0.05, 0.1) is 12.2 Å². The molecule has 0 saturated carbocycles.